The molecular weight excluding hydrogens is 316 g/mol. The molecular formula is C16H18N2O4S. The average molecular weight is 334 g/mol. The zero-order chi connectivity index (χ0) is 17.2. The van der Waals surface area contributed by atoms with Crippen LogP contribution in [0.25, 0.3) is 0 Å². The maximum absolute atomic E-state index is 11.1. The molecule has 0 aliphatic rings. The third-order valence-corrected chi connectivity index (χ3v) is 5.95. The van der Waals surface area contributed by atoms with Crippen LogP contribution in [0.1, 0.15) is 11.1 Å². The van der Waals surface area contributed by atoms with Crippen LogP contribution in [-0.4, -0.2) is 28.1 Å². The lowest BCUT2D eigenvalue weighted by atomic mass is 10.1. The van der Waals surface area contributed by atoms with E-state index in [9.17, 15) is 20.0 Å². The van der Waals surface area contributed by atoms with Gasteiger partial charge in [0.05, 0.1) is 12.7 Å². The Bertz CT molecular complexity index is 784. The number of nitrogens with zero attached hydrogens (tertiary/aromatic N) is 1. The van der Waals surface area contributed by atoms with Gasteiger partial charge in [-0.3, -0.25) is 10.3 Å². The molecule has 1 unspecified atom stereocenters. The average Bonchev–Trinajstić information content (AvgIpc) is 2.51. The predicted octanol–water partition coefficient (Wildman–Crippen LogP) is 3.58. The largest absolute Gasteiger partial charge is 0.504 e. The first-order valence-corrected chi connectivity index (χ1v) is 8.68. The molecule has 0 spiro atoms. The molecule has 23 heavy (non-hydrogen) atoms. The number of hydrogen-bond donors (Lipinski definition) is 4. The van der Waals surface area contributed by atoms with Gasteiger partial charge in [0.1, 0.15) is 11.8 Å². The fourth-order valence-corrected chi connectivity index (χ4v) is 4.56. The first-order chi connectivity index (χ1) is 10.8. The van der Waals surface area contributed by atoms with E-state index in [1.54, 1.807) is 18.4 Å². The molecule has 0 bridgehead atoms. The monoisotopic (exact) mass is 334 g/mol. The summed E-state index contributed by atoms with van der Waals surface area (Å²) in [4.78, 5) is 5.67. The number of rotatable bonds is 4. The molecule has 0 aliphatic heterocycles. The van der Waals surface area contributed by atoms with Gasteiger partial charge < -0.3 is 14.8 Å². The minimum absolute atomic E-state index is 0.127. The van der Waals surface area contributed by atoms with Crippen molar-refractivity contribution in [2.24, 2.45) is 0 Å². The molecule has 122 valence electrons. The lowest BCUT2D eigenvalue weighted by Gasteiger charge is -2.33. The van der Waals surface area contributed by atoms with Crippen molar-refractivity contribution < 1.29 is 19.6 Å². The minimum Gasteiger partial charge on any atom is -0.504 e. The van der Waals surface area contributed by atoms with E-state index in [1.165, 1.54) is 19.2 Å². The molecule has 7 heteroatoms. The number of benzene rings is 2. The van der Waals surface area contributed by atoms with E-state index in [0.717, 1.165) is 5.56 Å². The molecule has 2 aromatic rings. The first-order valence-electron chi connectivity index (χ1n) is 6.68. The van der Waals surface area contributed by atoms with Crippen molar-refractivity contribution in [1.82, 2.24) is 0 Å². The number of hydrogen-bond acceptors (Lipinski definition) is 6. The van der Waals surface area contributed by atoms with Crippen LogP contribution in [0.2, 0.25) is 0 Å². The first kappa shape index (κ1) is 17.0. The normalized spacial score (nSPS) is 14.6. The number of phenolic OH excluding ortho intramolecular Hbond substituents is 2. The van der Waals surface area contributed by atoms with E-state index < -0.39 is 10.3 Å². The number of aryl methyl sites for hydroxylation is 1. The van der Waals surface area contributed by atoms with Crippen molar-refractivity contribution in [2.75, 3.05) is 18.8 Å². The fourth-order valence-electron chi connectivity index (χ4n) is 2.40. The van der Waals surface area contributed by atoms with Crippen LogP contribution in [0.15, 0.2) is 40.1 Å². The Balaban J connectivity index is 2.68. The Morgan fingerprint density at radius 2 is 1.96 bits per heavy atom. The molecule has 6 nitrogen and oxygen atoms in total. The standard InChI is InChI=1S/C16H18N2O4S/c1-10-5-4-6-11(9-17)16(10)23(3,21)12-7-13(18-22-2)15(20)14(19)8-12/h4-8,18-21H,1-3H3. The summed E-state index contributed by atoms with van der Waals surface area (Å²) in [6.07, 6.45) is 1.61. The van der Waals surface area contributed by atoms with Gasteiger partial charge in [-0.1, -0.05) is 22.4 Å². The molecule has 0 amide bonds. The van der Waals surface area contributed by atoms with Gasteiger partial charge in [0.2, 0.25) is 0 Å². The quantitative estimate of drug-likeness (QED) is 0.503. The Kier molecular flexibility index (Phi) is 4.71. The van der Waals surface area contributed by atoms with Gasteiger partial charge in [0.15, 0.2) is 11.5 Å². The highest BCUT2D eigenvalue weighted by atomic mass is 32.3. The Hall–Kier alpha value is -2.40. The van der Waals surface area contributed by atoms with Crippen LogP contribution in [0, 0.1) is 18.3 Å². The number of nitrogens with one attached hydrogen (secondary N) is 1. The Morgan fingerprint density at radius 3 is 2.57 bits per heavy atom. The van der Waals surface area contributed by atoms with Crippen molar-refractivity contribution >= 4 is 16.0 Å². The second-order valence-electron chi connectivity index (χ2n) is 5.08. The van der Waals surface area contributed by atoms with Gasteiger partial charge >= 0.3 is 0 Å². The molecule has 1 atom stereocenters. The van der Waals surface area contributed by atoms with Crippen LogP contribution in [0.3, 0.4) is 0 Å². The molecule has 0 aromatic heterocycles. The van der Waals surface area contributed by atoms with Crippen LogP contribution >= 0.6 is 10.3 Å². The van der Waals surface area contributed by atoms with Crippen molar-refractivity contribution in [3.8, 4) is 17.6 Å². The second-order valence-corrected chi connectivity index (χ2v) is 7.71. The summed E-state index contributed by atoms with van der Waals surface area (Å²) in [5.41, 5.74) is 3.73. The highest BCUT2D eigenvalue weighted by molar-refractivity contribution is 8.28. The van der Waals surface area contributed by atoms with Gasteiger partial charge in [-0.25, -0.2) is 0 Å². The number of nitriles is 1. The van der Waals surface area contributed by atoms with Gasteiger partial charge in [0, 0.05) is 9.79 Å². The van der Waals surface area contributed by atoms with Crippen LogP contribution in [-0.2, 0) is 4.84 Å². The van der Waals surface area contributed by atoms with Crippen LogP contribution < -0.4 is 5.48 Å². The molecule has 0 saturated heterocycles. The summed E-state index contributed by atoms with van der Waals surface area (Å²) in [7, 11) is -1.22. The minimum atomic E-state index is -2.58. The lowest BCUT2D eigenvalue weighted by Crippen LogP contribution is -2.05. The van der Waals surface area contributed by atoms with Crippen LogP contribution in [0.4, 0.5) is 5.69 Å². The topological polar surface area (TPSA) is 106 Å². The highest BCUT2D eigenvalue weighted by Crippen LogP contribution is 2.60. The maximum Gasteiger partial charge on any atom is 0.183 e. The van der Waals surface area contributed by atoms with E-state index in [4.69, 9.17) is 4.84 Å². The van der Waals surface area contributed by atoms with E-state index in [1.807, 2.05) is 13.0 Å². The molecule has 2 rings (SSSR count). The van der Waals surface area contributed by atoms with E-state index >= 15 is 0 Å². The number of aromatic hydroxyl groups is 2. The molecule has 4 N–H and O–H groups in total. The van der Waals surface area contributed by atoms with Gasteiger partial charge in [-0.05, 0) is 36.9 Å². The summed E-state index contributed by atoms with van der Waals surface area (Å²) in [5.74, 6) is -0.766. The molecule has 0 radical (unpaired) electrons. The summed E-state index contributed by atoms with van der Waals surface area (Å²) in [5, 5.41) is 29.1. The predicted molar refractivity (Wildman–Crippen MR) is 89.0 cm³/mol. The van der Waals surface area contributed by atoms with Crippen molar-refractivity contribution in [3.63, 3.8) is 0 Å². The lowest BCUT2D eigenvalue weighted by molar-refractivity contribution is 0.267. The van der Waals surface area contributed by atoms with Crippen LogP contribution in [0.5, 0.6) is 11.5 Å². The summed E-state index contributed by atoms with van der Waals surface area (Å²) < 4.78 is 11.1. The Labute approximate surface area is 136 Å². The summed E-state index contributed by atoms with van der Waals surface area (Å²) >= 11 is 0. The molecule has 0 aliphatic carbocycles. The van der Waals surface area contributed by atoms with Gasteiger partial charge in [-0.15, -0.1) is 0 Å². The van der Waals surface area contributed by atoms with Crippen molar-refractivity contribution in [3.05, 3.63) is 41.5 Å². The fraction of sp³-hybridized carbons (Fsp3) is 0.188. The SMILES string of the molecule is CONc1cc(S(C)(O)c2c(C)cccc2C#N)cc(O)c1O. The van der Waals surface area contributed by atoms with E-state index in [2.05, 4.69) is 11.5 Å². The van der Waals surface area contributed by atoms with Crippen molar-refractivity contribution in [1.29, 1.82) is 5.26 Å². The van der Waals surface area contributed by atoms with E-state index in [-0.39, 0.29) is 17.2 Å². The highest BCUT2D eigenvalue weighted by Gasteiger charge is 2.27. The summed E-state index contributed by atoms with van der Waals surface area (Å²) in [6, 6.07) is 10.1. The maximum atomic E-state index is 11.1. The summed E-state index contributed by atoms with van der Waals surface area (Å²) in [6.45, 7) is 1.81. The number of phenols is 2. The third-order valence-electron chi connectivity index (χ3n) is 3.46. The number of anilines is 1. The van der Waals surface area contributed by atoms with E-state index in [0.29, 0.717) is 15.4 Å². The molecule has 2 aromatic carbocycles. The smallest absolute Gasteiger partial charge is 0.183 e. The molecule has 0 fully saturated rings. The molecule has 0 saturated carbocycles. The molecule has 0 heterocycles. The van der Waals surface area contributed by atoms with Gasteiger partial charge in [-0.2, -0.15) is 5.26 Å². The zero-order valence-corrected chi connectivity index (χ0v) is 13.8. The van der Waals surface area contributed by atoms with Gasteiger partial charge in [0.25, 0.3) is 0 Å². The van der Waals surface area contributed by atoms with Crippen molar-refractivity contribution in [2.45, 2.75) is 16.7 Å². The zero-order valence-electron chi connectivity index (χ0n) is 13.0. The third kappa shape index (κ3) is 3.05. The second kappa shape index (κ2) is 6.38. The Morgan fingerprint density at radius 1 is 1.26 bits per heavy atom.